The van der Waals surface area contributed by atoms with Crippen molar-refractivity contribution in [3.05, 3.63) is 29.3 Å². The van der Waals surface area contributed by atoms with Crippen LogP contribution in [0.4, 0.5) is 0 Å². The fourth-order valence-corrected chi connectivity index (χ4v) is 4.18. The third-order valence-electron chi connectivity index (χ3n) is 6.54. The summed E-state index contributed by atoms with van der Waals surface area (Å²) in [5.41, 5.74) is 1.08. The van der Waals surface area contributed by atoms with Gasteiger partial charge in [-0.3, -0.25) is 0 Å². The molecule has 1 rings (SSSR count). The first-order valence-corrected chi connectivity index (χ1v) is 16.3. The summed E-state index contributed by atoms with van der Waals surface area (Å²) in [6, 6.07) is 5.31. The molecule has 12 heteroatoms. The molecule has 0 aromatic heterocycles. The minimum atomic E-state index is -1.23. The topological polar surface area (TPSA) is 134 Å². The van der Waals surface area contributed by atoms with E-state index >= 15 is 0 Å². The number of unbranched alkanes of at least 4 members (excludes halogenated alkanes) is 7. The van der Waals surface area contributed by atoms with Crippen molar-refractivity contribution in [1.82, 2.24) is 0 Å². The summed E-state index contributed by atoms with van der Waals surface area (Å²) in [7, 11) is 0. The fraction of sp³-hybridized carbons (Fsp3) is 0.788. The van der Waals surface area contributed by atoms with Gasteiger partial charge in [0.15, 0.2) is 0 Å². The van der Waals surface area contributed by atoms with Gasteiger partial charge in [0, 0.05) is 5.56 Å². The molecule has 1 aromatic rings. The SMILES string of the molecule is CCCCCCCCCCc1ccc(OCCOCCOCCOCCOCCOCCOCCOCCO)c(C(=O)[O-])c1.[Li+]. The number of carbonyl (C=O) groups excluding carboxylic acids is 1. The van der Waals surface area contributed by atoms with Crippen molar-refractivity contribution >= 4 is 5.97 Å². The number of aromatic carboxylic acids is 1. The molecule has 0 unspecified atom stereocenters. The maximum absolute atomic E-state index is 11.6. The van der Waals surface area contributed by atoms with Crippen molar-refractivity contribution in [1.29, 1.82) is 0 Å². The monoisotopic (exact) mass is 636 g/mol. The molecule has 0 amide bonds. The molecule has 11 nitrogen and oxygen atoms in total. The van der Waals surface area contributed by atoms with E-state index in [1.54, 1.807) is 12.1 Å². The third-order valence-corrected chi connectivity index (χ3v) is 6.54. The number of carboxylic acid groups (broad SMARTS) is 1. The summed E-state index contributed by atoms with van der Waals surface area (Å²) in [5, 5.41) is 20.2. The van der Waals surface area contributed by atoms with Crippen LogP contribution in [-0.4, -0.2) is 117 Å². The number of hydrogen-bond acceptors (Lipinski definition) is 11. The van der Waals surface area contributed by atoms with Gasteiger partial charge in [0.1, 0.15) is 12.4 Å². The number of ether oxygens (including phenoxy) is 8. The molecule has 0 radical (unpaired) electrons. The second-order valence-corrected chi connectivity index (χ2v) is 10.2. The summed E-state index contributed by atoms with van der Waals surface area (Å²) in [4.78, 5) is 11.6. The second kappa shape index (κ2) is 34.1. The van der Waals surface area contributed by atoms with Gasteiger partial charge in [0.05, 0.1) is 105 Å². The molecule has 0 saturated carbocycles. The summed E-state index contributed by atoms with van der Waals surface area (Å²) < 4.78 is 43.3. The quantitative estimate of drug-likeness (QED) is 0.0823. The molecule has 0 aliphatic rings. The smallest absolute Gasteiger partial charge is 0.545 e. The number of carboxylic acids is 1. The summed E-state index contributed by atoms with van der Waals surface area (Å²) in [5.74, 6) is -0.925. The molecule has 1 N–H and O–H groups in total. The summed E-state index contributed by atoms with van der Waals surface area (Å²) in [6.07, 6.45) is 10.8. The first-order chi connectivity index (χ1) is 21.7. The Morgan fingerprint density at radius 1 is 0.600 bits per heavy atom. The molecule has 0 heterocycles. The van der Waals surface area contributed by atoms with E-state index in [0.717, 1.165) is 24.8 Å². The van der Waals surface area contributed by atoms with Crippen LogP contribution in [0.1, 0.15) is 74.2 Å². The van der Waals surface area contributed by atoms with Crippen molar-refractivity contribution in [2.45, 2.75) is 64.7 Å². The van der Waals surface area contributed by atoms with Crippen LogP contribution in [0.2, 0.25) is 0 Å². The maximum Gasteiger partial charge on any atom is 1.00 e. The molecule has 0 bridgehead atoms. The van der Waals surface area contributed by atoms with Crippen molar-refractivity contribution in [3.8, 4) is 5.75 Å². The largest absolute Gasteiger partial charge is 1.00 e. The third kappa shape index (κ3) is 27.6. The average molecular weight is 637 g/mol. The van der Waals surface area contributed by atoms with E-state index in [2.05, 4.69) is 6.92 Å². The van der Waals surface area contributed by atoms with Crippen molar-refractivity contribution in [2.24, 2.45) is 0 Å². The van der Waals surface area contributed by atoms with Crippen LogP contribution in [0.3, 0.4) is 0 Å². The summed E-state index contributed by atoms with van der Waals surface area (Å²) >= 11 is 0. The Balaban J connectivity index is 0.0000194. The van der Waals surface area contributed by atoms with E-state index in [0.29, 0.717) is 98.2 Å². The van der Waals surface area contributed by atoms with Crippen molar-refractivity contribution in [3.63, 3.8) is 0 Å². The predicted octanol–water partition coefficient (Wildman–Crippen LogP) is 0.225. The number of benzene rings is 1. The fourth-order valence-electron chi connectivity index (χ4n) is 4.18. The Bertz CT molecular complexity index is 785. The zero-order valence-corrected chi connectivity index (χ0v) is 27.9. The molecular weight excluding hydrogens is 579 g/mol. The number of rotatable bonds is 34. The van der Waals surface area contributed by atoms with Gasteiger partial charge in [-0.1, -0.05) is 57.9 Å². The zero-order chi connectivity index (χ0) is 31.8. The first-order valence-electron chi connectivity index (χ1n) is 16.3. The van der Waals surface area contributed by atoms with Crippen LogP contribution < -0.4 is 28.7 Å². The van der Waals surface area contributed by atoms with Gasteiger partial charge in [-0.15, -0.1) is 0 Å². The molecule has 256 valence electrons. The van der Waals surface area contributed by atoms with Crippen LogP contribution >= 0.6 is 0 Å². The molecule has 45 heavy (non-hydrogen) atoms. The van der Waals surface area contributed by atoms with E-state index in [4.69, 9.17) is 43.0 Å². The van der Waals surface area contributed by atoms with E-state index < -0.39 is 5.97 Å². The molecule has 0 fully saturated rings. The second-order valence-electron chi connectivity index (χ2n) is 10.2. The van der Waals surface area contributed by atoms with Crippen LogP contribution in [-0.2, 0) is 39.6 Å². The molecule has 1 aromatic carbocycles. The van der Waals surface area contributed by atoms with Gasteiger partial charge in [0.25, 0.3) is 0 Å². The van der Waals surface area contributed by atoms with Crippen molar-refractivity contribution < 1.29 is 71.8 Å². The van der Waals surface area contributed by atoms with Crippen LogP contribution in [0.25, 0.3) is 0 Å². The standard InChI is InChI=1S/C33H58O11.Li/c1-2-3-4-5-6-7-8-9-10-30-11-12-32(31(29-30)33(35)36)44-28-27-43-26-25-42-24-23-41-22-21-40-20-19-39-18-17-38-16-15-37-14-13-34;/h11-12,29,34H,2-10,13-28H2,1H3,(H,35,36);/q;+1/p-1. The Morgan fingerprint density at radius 3 is 1.42 bits per heavy atom. The van der Waals surface area contributed by atoms with Crippen LogP contribution in [0.15, 0.2) is 18.2 Å². The zero-order valence-electron chi connectivity index (χ0n) is 27.9. The van der Waals surface area contributed by atoms with E-state index in [1.165, 1.54) is 38.5 Å². The average Bonchev–Trinajstić information content (AvgIpc) is 3.03. The Morgan fingerprint density at radius 2 is 1.00 bits per heavy atom. The van der Waals surface area contributed by atoms with Crippen LogP contribution in [0, 0.1) is 0 Å². The minimum absolute atomic E-state index is 0. The molecule has 0 saturated heterocycles. The number of carbonyl (C=O) groups is 1. The van der Waals surface area contributed by atoms with Gasteiger partial charge in [-0.05, 0) is 30.5 Å². The van der Waals surface area contributed by atoms with E-state index in [9.17, 15) is 9.90 Å². The van der Waals surface area contributed by atoms with Gasteiger partial charge >= 0.3 is 18.9 Å². The van der Waals surface area contributed by atoms with Crippen molar-refractivity contribution in [2.75, 3.05) is 106 Å². The van der Waals surface area contributed by atoms with Gasteiger partial charge in [-0.25, -0.2) is 0 Å². The number of aryl methyl sites for hydroxylation is 1. The van der Waals surface area contributed by atoms with Crippen LogP contribution in [0.5, 0.6) is 5.75 Å². The minimum Gasteiger partial charge on any atom is -0.545 e. The van der Waals surface area contributed by atoms with Gasteiger partial charge < -0.3 is 52.9 Å². The summed E-state index contributed by atoms with van der Waals surface area (Å²) in [6.45, 7) is 8.72. The Hall–Kier alpha value is -1.23. The normalized spacial score (nSPS) is 11.1. The van der Waals surface area contributed by atoms with Gasteiger partial charge in [-0.2, -0.15) is 0 Å². The van der Waals surface area contributed by atoms with Gasteiger partial charge in [0.2, 0.25) is 0 Å². The molecule has 0 spiro atoms. The Labute approximate surface area is 282 Å². The molecule has 0 atom stereocenters. The molecule has 0 aliphatic heterocycles. The van der Waals surface area contributed by atoms with E-state index in [1.807, 2.05) is 6.07 Å². The maximum atomic E-state index is 11.6. The first kappa shape index (κ1) is 43.8. The number of aliphatic hydroxyl groups excluding tert-OH is 1. The molecule has 0 aliphatic carbocycles. The Kier molecular flexibility index (Phi) is 33.2. The van der Waals surface area contributed by atoms with E-state index in [-0.39, 0.29) is 37.6 Å². The molecular formula is C33H57LiO11. The number of aliphatic hydroxyl groups is 1. The predicted molar refractivity (Wildman–Crippen MR) is 165 cm³/mol. The number of hydrogen-bond donors (Lipinski definition) is 1.